The van der Waals surface area contributed by atoms with Crippen LogP contribution >= 0.6 is 15.9 Å². The molecule has 416 valence electrons. The molecule has 0 aliphatic carbocycles. The highest BCUT2D eigenvalue weighted by Crippen LogP contribution is 2.32. The Bertz CT molecular complexity index is 3340. The normalized spacial score (nSPS) is 12.3. The highest BCUT2D eigenvalue weighted by Gasteiger charge is 2.30. The number of rotatable bonds is 17. The molecule has 6 heterocycles. The first-order valence-corrected chi connectivity index (χ1v) is 34.6. The predicted octanol–water partition coefficient (Wildman–Crippen LogP) is 14.4. The molecular weight excluding hydrogens is 1080 g/mol. The van der Waals surface area contributed by atoms with Crippen LogP contribution < -0.4 is 9.80 Å². The first-order valence-electron chi connectivity index (χ1n) is 26.4. The average Bonchev–Trinajstić information content (AvgIpc) is 4.17. The molecule has 8 aromatic rings. The van der Waals surface area contributed by atoms with E-state index in [1.54, 1.807) is 24.8 Å². The van der Waals surface area contributed by atoms with Gasteiger partial charge in [-0.2, -0.15) is 0 Å². The van der Waals surface area contributed by atoms with Crippen LogP contribution in [0.25, 0.3) is 33.5 Å². The number of halogens is 1. The smallest absolute Gasteiger partial charge is 0.171 e. The number of hydrogen-bond acceptors (Lipinski definition) is 13. The summed E-state index contributed by atoms with van der Waals surface area (Å²) in [6.45, 7) is 33.4. The molecule has 78 heavy (non-hydrogen) atoms. The summed E-state index contributed by atoms with van der Waals surface area (Å²) in [4.78, 5) is 72.9. The van der Waals surface area contributed by atoms with Crippen LogP contribution in [0.2, 0.25) is 51.4 Å². The monoisotopic (exact) mass is 1160 g/mol. The van der Waals surface area contributed by atoms with Crippen LogP contribution in [0.15, 0.2) is 102 Å². The maximum absolute atomic E-state index is 13.2. The van der Waals surface area contributed by atoms with Crippen molar-refractivity contribution in [1.29, 1.82) is 0 Å². The molecule has 0 bridgehead atoms. The number of para-hydroxylation sites is 2. The second kappa shape index (κ2) is 24.8. The van der Waals surface area contributed by atoms with E-state index in [1.807, 2.05) is 168 Å². The zero-order chi connectivity index (χ0) is 57.5. The summed E-state index contributed by atoms with van der Waals surface area (Å²) in [5.74, 6) is 1.55. The van der Waals surface area contributed by atoms with E-state index in [-0.39, 0.29) is 17.3 Å². The van der Waals surface area contributed by atoms with E-state index in [1.165, 1.54) is 0 Å². The van der Waals surface area contributed by atoms with Gasteiger partial charge < -0.3 is 33.4 Å². The van der Waals surface area contributed by atoms with Gasteiger partial charge in [0.05, 0.1) is 35.3 Å². The number of carbonyl (C=O) groups is 3. The second-order valence-corrected chi connectivity index (χ2v) is 37.2. The molecule has 0 unspecified atom stereocenters. The average molecular weight is 1160 g/mol. The minimum absolute atomic E-state index is 0.0483. The van der Waals surface area contributed by atoms with Crippen molar-refractivity contribution in [3.8, 4) is 0 Å². The SMILES string of the molecule is CC(C)(C)C(=O)c1cn(COCC[Si](C)(C)C)c2ncc(Br)nc12.CN(c1ccccc1)c1cnc2[nH]cc(C(=O)C(C)(C)C)c2n1.CN(c1ccccc1)c1cnc2c(n1)c(C(=O)C(C)(C)C)cn2COCC[Si](C)(C)C. The number of carbonyl (C=O) groups excluding carboxylic acids is 3. The lowest BCUT2D eigenvalue weighted by molar-refractivity contribution is 0.0842. The van der Waals surface area contributed by atoms with Crippen LogP contribution in [0.4, 0.5) is 23.0 Å². The number of fused-ring (bicyclic) bond motifs is 3. The van der Waals surface area contributed by atoms with Crippen molar-refractivity contribution >= 4 is 106 Å². The van der Waals surface area contributed by atoms with Crippen LogP contribution in [0.5, 0.6) is 0 Å². The van der Waals surface area contributed by atoms with Gasteiger partial charge in [0, 0.05) is 89.7 Å². The molecule has 2 aromatic carbocycles. The number of aromatic nitrogens is 9. The Morgan fingerprint density at radius 2 is 0.936 bits per heavy atom. The summed E-state index contributed by atoms with van der Waals surface area (Å²) in [6.07, 6.45) is 10.5. The number of ether oxygens (including phenoxy) is 2. The number of H-pyrrole nitrogens is 1. The number of anilines is 4. The predicted molar refractivity (Wildman–Crippen MR) is 325 cm³/mol. The van der Waals surface area contributed by atoms with Gasteiger partial charge in [0.1, 0.15) is 34.6 Å². The van der Waals surface area contributed by atoms with Gasteiger partial charge in [-0.3, -0.25) is 14.4 Å². The lowest BCUT2D eigenvalue weighted by Crippen LogP contribution is -2.22. The zero-order valence-electron chi connectivity index (χ0n) is 48.9. The summed E-state index contributed by atoms with van der Waals surface area (Å²) in [7, 11) is 1.61. The van der Waals surface area contributed by atoms with Crippen LogP contribution in [0.3, 0.4) is 0 Å². The molecule has 0 saturated heterocycles. The van der Waals surface area contributed by atoms with Crippen LogP contribution in [0, 0.1) is 16.2 Å². The molecule has 0 amide bonds. The van der Waals surface area contributed by atoms with Gasteiger partial charge in [-0.1, -0.05) is 138 Å². The van der Waals surface area contributed by atoms with Crippen molar-refractivity contribution in [1.82, 2.24) is 44.0 Å². The van der Waals surface area contributed by atoms with Crippen molar-refractivity contribution in [2.75, 3.05) is 37.1 Å². The fourth-order valence-corrected chi connectivity index (χ4v) is 9.64. The summed E-state index contributed by atoms with van der Waals surface area (Å²) < 4.78 is 16.2. The second-order valence-electron chi connectivity index (χ2n) is 25.1. The van der Waals surface area contributed by atoms with Crippen molar-refractivity contribution in [3.05, 3.63) is 119 Å². The van der Waals surface area contributed by atoms with Crippen LogP contribution in [0.1, 0.15) is 93.4 Å². The van der Waals surface area contributed by atoms with Gasteiger partial charge in [-0.15, -0.1) is 0 Å². The molecule has 0 aliphatic rings. The topological polar surface area (TPSA) is 179 Å². The van der Waals surface area contributed by atoms with Crippen molar-refractivity contribution in [2.24, 2.45) is 16.2 Å². The van der Waals surface area contributed by atoms with Gasteiger partial charge >= 0.3 is 0 Å². The highest BCUT2D eigenvalue weighted by molar-refractivity contribution is 9.10. The van der Waals surface area contributed by atoms with Gasteiger partial charge in [0.25, 0.3) is 0 Å². The van der Waals surface area contributed by atoms with E-state index in [4.69, 9.17) is 14.5 Å². The van der Waals surface area contributed by atoms with E-state index >= 15 is 0 Å². The Hall–Kier alpha value is -6.26. The van der Waals surface area contributed by atoms with E-state index in [9.17, 15) is 14.4 Å². The number of nitrogens with one attached hydrogen (secondary N) is 1. The summed E-state index contributed by atoms with van der Waals surface area (Å²) in [6, 6.07) is 22.1. The molecule has 19 heteroatoms. The van der Waals surface area contributed by atoms with E-state index in [0.717, 1.165) is 30.1 Å². The Morgan fingerprint density at radius 3 is 1.36 bits per heavy atom. The van der Waals surface area contributed by atoms with Crippen molar-refractivity contribution in [3.63, 3.8) is 0 Å². The maximum atomic E-state index is 13.2. The minimum Gasteiger partial charge on any atom is -0.361 e. The maximum Gasteiger partial charge on any atom is 0.171 e. The third-order valence-electron chi connectivity index (χ3n) is 12.7. The van der Waals surface area contributed by atoms with Gasteiger partial charge in [0.2, 0.25) is 0 Å². The molecule has 0 radical (unpaired) electrons. The standard InChI is InChI=1S/C24H34N4O2Si.C18H20N4O.C17H26BrN3O2Si/c1-24(2,3)22(29)19-16-28(17-30-13-14-31(5,6)7)23-21(19)26-20(15-25-23)27(4)18-11-9-8-10-12-18;1-18(2,3)16(23)13-10-19-17-15(13)21-14(11-20-17)22(4)12-8-6-5-7-9-12;1-17(2,3)15(22)12-10-21(11-23-7-8-24(4,5)6)16-14(12)20-13(18)9-19-16/h8-12,15-16H,13-14,17H2,1-7H3;5-11H,1-4H3,(H,19,20);9-10H,7-8,11H2,1-6H3. The van der Waals surface area contributed by atoms with Gasteiger partial charge in [0.15, 0.2) is 45.9 Å². The molecule has 0 saturated carbocycles. The largest absolute Gasteiger partial charge is 0.361 e. The fraction of sp³-hybridized carbons (Fsp3) is 0.441. The van der Waals surface area contributed by atoms with Gasteiger partial charge in [-0.05, 0) is 52.3 Å². The van der Waals surface area contributed by atoms with E-state index in [0.29, 0.717) is 86.5 Å². The molecule has 6 aromatic heterocycles. The Kier molecular flexibility index (Phi) is 19.4. The Labute approximate surface area is 471 Å². The fourth-order valence-electron chi connectivity index (χ4n) is 7.84. The lowest BCUT2D eigenvalue weighted by Gasteiger charge is -2.18. The third-order valence-corrected chi connectivity index (χ3v) is 16.5. The third kappa shape index (κ3) is 16.0. The summed E-state index contributed by atoms with van der Waals surface area (Å²) in [5.41, 5.74) is 6.19. The van der Waals surface area contributed by atoms with Crippen molar-refractivity contribution in [2.45, 2.75) is 127 Å². The molecular formula is C59H80BrN11O5Si2. The number of benzene rings is 2. The van der Waals surface area contributed by atoms with E-state index < -0.39 is 32.4 Å². The minimum atomic E-state index is -1.16. The number of ketones is 3. The molecule has 8 rings (SSSR count). The molecule has 16 nitrogen and oxygen atoms in total. The highest BCUT2D eigenvalue weighted by atomic mass is 79.9. The Balaban J connectivity index is 0.000000192. The lowest BCUT2D eigenvalue weighted by atomic mass is 9.87. The van der Waals surface area contributed by atoms with Crippen molar-refractivity contribution < 1.29 is 23.9 Å². The summed E-state index contributed by atoms with van der Waals surface area (Å²) >= 11 is 3.34. The summed E-state index contributed by atoms with van der Waals surface area (Å²) in [5, 5.41) is 0. The molecule has 0 fully saturated rings. The quantitative estimate of drug-likeness (QED) is 0.0517. The molecule has 0 spiro atoms. The number of hydrogen-bond donors (Lipinski definition) is 1. The Morgan fingerprint density at radius 1 is 0.551 bits per heavy atom. The van der Waals surface area contributed by atoms with Crippen LogP contribution in [-0.4, -0.2) is 105 Å². The van der Waals surface area contributed by atoms with E-state index in [2.05, 4.69) is 85.1 Å². The molecule has 1 N–H and O–H groups in total. The zero-order valence-corrected chi connectivity index (χ0v) is 52.5. The number of aromatic amines is 1. The van der Waals surface area contributed by atoms with Crippen LogP contribution in [-0.2, 0) is 22.9 Å². The van der Waals surface area contributed by atoms with Gasteiger partial charge in [-0.25, -0.2) is 29.9 Å². The molecule has 0 atom stereocenters. The molecule has 0 aliphatic heterocycles. The number of Topliss-reactive ketones (excluding diaryl/α,β-unsaturated/α-hetero) is 3. The first kappa shape index (κ1) is 61.0. The first-order chi connectivity index (χ1) is 36.3. The number of nitrogens with zero attached hydrogens (tertiary/aromatic N) is 10.